The van der Waals surface area contributed by atoms with Gasteiger partial charge in [-0.25, -0.2) is 0 Å². The summed E-state index contributed by atoms with van der Waals surface area (Å²) in [5, 5.41) is 0.819. The van der Waals surface area contributed by atoms with Crippen LogP contribution in [0.4, 0.5) is 0 Å². The lowest BCUT2D eigenvalue weighted by Gasteiger charge is -2.05. The topological polar surface area (TPSA) is 26.3 Å². The van der Waals surface area contributed by atoms with Gasteiger partial charge in [-0.1, -0.05) is 22.0 Å². The summed E-state index contributed by atoms with van der Waals surface area (Å²) in [5.41, 5.74) is 2.33. The van der Waals surface area contributed by atoms with Crippen LogP contribution in [0.2, 0.25) is 0 Å². The van der Waals surface area contributed by atoms with Gasteiger partial charge in [-0.15, -0.1) is 0 Å². The van der Waals surface area contributed by atoms with E-state index in [0.717, 1.165) is 10.9 Å². The van der Waals surface area contributed by atoms with Crippen LogP contribution in [-0.4, -0.2) is 5.97 Å². The molecule has 13 heavy (non-hydrogen) atoms. The van der Waals surface area contributed by atoms with E-state index in [1.807, 2.05) is 19.1 Å². The van der Waals surface area contributed by atoms with E-state index >= 15 is 0 Å². The minimum atomic E-state index is -0.286. The molecule has 0 aliphatic carbocycles. The van der Waals surface area contributed by atoms with E-state index in [2.05, 4.69) is 15.9 Å². The normalized spacial score (nSPS) is 9.77. The summed E-state index contributed by atoms with van der Waals surface area (Å²) in [6.07, 6.45) is 0. The van der Waals surface area contributed by atoms with Crippen LogP contribution < -0.4 is 4.74 Å². The van der Waals surface area contributed by atoms with E-state index in [1.165, 1.54) is 12.5 Å². The molecule has 0 aliphatic heterocycles. The lowest BCUT2D eigenvalue weighted by molar-refractivity contribution is -0.131. The first kappa shape index (κ1) is 10.3. The summed E-state index contributed by atoms with van der Waals surface area (Å²) in [6.45, 7) is 3.39. The highest BCUT2D eigenvalue weighted by molar-refractivity contribution is 9.08. The number of aryl methyl sites for hydroxylation is 1. The third-order valence-electron chi connectivity index (χ3n) is 1.72. The molecule has 1 aromatic carbocycles. The molecule has 0 unspecified atom stereocenters. The molecule has 0 N–H and O–H groups in total. The summed E-state index contributed by atoms with van der Waals surface area (Å²) in [7, 11) is 0. The number of carbonyl (C=O) groups excluding carboxylic acids is 1. The van der Waals surface area contributed by atoms with E-state index in [9.17, 15) is 4.79 Å². The Morgan fingerprint density at radius 3 is 2.69 bits per heavy atom. The number of benzene rings is 1. The van der Waals surface area contributed by atoms with Crippen molar-refractivity contribution in [3.63, 3.8) is 0 Å². The summed E-state index contributed by atoms with van der Waals surface area (Å²) >= 11 is 3.38. The smallest absolute Gasteiger partial charge is 0.308 e. The van der Waals surface area contributed by atoms with Gasteiger partial charge < -0.3 is 4.74 Å². The zero-order chi connectivity index (χ0) is 9.84. The SMILES string of the molecule is CC(=O)Oc1ccc(CBr)c(C)c1. The zero-order valence-corrected chi connectivity index (χ0v) is 9.22. The second-order valence-electron chi connectivity index (χ2n) is 2.82. The van der Waals surface area contributed by atoms with Crippen molar-refractivity contribution < 1.29 is 9.53 Å². The number of ether oxygens (including phenoxy) is 1. The van der Waals surface area contributed by atoms with Gasteiger partial charge in [0.2, 0.25) is 0 Å². The van der Waals surface area contributed by atoms with Crippen LogP contribution >= 0.6 is 15.9 Å². The maximum absolute atomic E-state index is 10.6. The molecule has 2 nitrogen and oxygen atoms in total. The van der Waals surface area contributed by atoms with Gasteiger partial charge in [-0.2, -0.15) is 0 Å². The van der Waals surface area contributed by atoms with Crippen molar-refractivity contribution >= 4 is 21.9 Å². The molecule has 1 aromatic rings. The van der Waals surface area contributed by atoms with Crippen molar-refractivity contribution in [2.45, 2.75) is 19.2 Å². The predicted octanol–water partition coefficient (Wildman–Crippen LogP) is 2.82. The lowest BCUT2D eigenvalue weighted by atomic mass is 10.1. The van der Waals surface area contributed by atoms with Crippen molar-refractivity contribution in [1.29, 1.82) is 0 Å². The number of halogens is 1. The van der Waals surface area contributed by atoms with Gasteiger partial charge in [-0.05, 0) is 30.2 Å². The highest BCUT2D eigenvalue weighted by Gasteiger charge is 2.01. The Balaban J connectivity index is 2.89. The van der Waals surface area contributed by atoms with E-state index in [-0.39, 0.29) is 5.97 Å². The number of rotatable bonds is 2. The molecule has 0 heterocycles. The molecule has 3 heteroatoms. The molecule has 0 aliphatic rings. The van der Waals surface area contributed by atoms with Crippen molar-refractivity contribution in [1.82, 2.24) is 0 Å². The van der Waals surface area contributed by atoms with Crippen molar-refractivity contribution in [3.8, 4) is 5.75 Å². The Hall–Kier alpha value is -0.830. The first-order valence-electron chi connectivity index (χ1n) is 3.97. The highest BCUT2D eigenvalue weighted by atomic mass is 79.9. The van der Waals surface area contributed by atoms with Crippen LogP contribution in [0.3, 0.4) is 0 Å². The monoisotopic (exact) mass is 242 g/mol. The van der Waals surface area contributed by atoms with Crippen molar-refractivity contribution in [3.05, 3.63) is 29.3 Å². The predicted molar refractivity (Wildman–Crippen MR) is 55.1 cm³/mol. The zero-order valence-electron chi connectivity index (χ0n) is 7.63. The van der Waals surface area contributed by atoms with Crippen LogP contribution in [0.5, 0.6) is 5.75 Å². The van der Waals surface area contributed by atoms with Crippen molar-refractivity contribution in [2.75, 3.05) is 0 Å². The van der Waals surface area contributed by atoms with E-state index in [4.69, 9.17) is 4.74 Å². The molecule has 1 rings (SSSR count). The van der Waals surface area contributed by atoms with E-state index < -0.39 is 0 Å². The van der Waals surface area contributed by atoms with Gasteiger partial charge in [0.25, 0.3) is 0 Å². The summed E-state index contributed by atoms with van der Waals surface area (Å²) in [6, 6.07) is 5.60. The van der Waals surface area contributed by atoms with Crippen LogP contribution in [0, 0.1) is 6.92 Å². The molecule has 0 bridgehead atoms. The van der Waals surface area contributed by atoms with E-state index in [1.54, 1.807) is 6.07 Å². The number of esters is 1. The first-order chi connectivity index (χ1) is 6.13. The average Bonchev–Trinajstić information content (AvgIpc) is 2.03. The van der Waals surface area contributed by atoms with Gasteiger partial charge in [-0.3, -0.25) is 4.79 Å². The molecule has 0 saturated carbocycles. The third-order valence-corrected chi connectivity index (χ3v) is 2.32. The average molecular weight is 243 g/mol. The van der Waals surface area contributed by atoms with Crippen LogP contribution in [0.15, 0.2) is 18.2 Å². The summed E-state index contributed by atoms with van der Waals surface area (Å²) in [4.78, 5) is 10.6. The Bertz CT molecular complexity index is 321. The highest BCUT2D eigenvalue weighted by Crippen LogP contribution is 2.19. The van der Waals surface area contributed by atoms with Gasteiger partial charge in [0.15, 0.2) is 0 Å². The molecule has 0 amide bonds. The fourth-order valence-corrected chi connectivity index (χ4v) is 1.68. The number of carbonyl (C=O) groups is 1. The minimum absolute atomic E-state index is 0.286. The van der Waals surface area contributed by atoms with Crippen LogP contribution in [-0.2, 0) is 10.1 Å². The molecule has 0 spiro atoms. The molecule has 0 fully saturated rings. The Kier molecular flexibility index (Phi) is 3.48. The van der Waals surface area contributed by atoms with Gasteiger partial charge in [0.05, 0.1) is 0 Å². The Morgan fingerprint density at radius 1 is 1.54 bits per heavy atom. The van der Waals surface area contributed by atoms with Gasteiger partial charge in [0.1, 0.15) is 5.75 Å². The largest absolute Gasteiger partial charge is 0.427 e. The summed E-state index contributed by atoms with van der Waals surface area (Å²) in [5.74, 6) is 0.320. The fraction of sp³-hybridized carbons (Fsp3) is 0.300. The lowest BCUT2D eigenvalue weighted by Crippen LogP contribution is -2.01. The van der Waals surface area contributed by atoms with Crippen LogP contribution in [0.1, 0.15) is 18.1 Å². The second-order valence-corrected chi connectivity index (χ2v) is 3.38. The number of alkyl halides is 1. The molecular weight excluding hydrogens is 232 g/mol. The molecule has 0 radical (unpaired) electrons. The Labute approximate surface area is 86.0 Å². The number of hydrogen-bond donors (Lipinski definition) is 0. The number of hydrogen-bond acceptors (Lipinski definition) is 2. The first-order valence-corrected chi connectivity index (χ1v) is 5.09. The van der Waals surface area contributed by atoms with Gasteiger partial charge >= 0.3 is 5.97 Å². The molecule has 0 aromatic heterocycles. The molecule has 0 atom stereocenters. The third kappa shape index (κ3) is 2.84. The minimum Gasteiger partial charge on any atom is -0.427 e. The Morgan fingerprint density at radius 2 is 2.23 bits per heavy atom. The van der Waals surface area contributed by atoms with E-state index in [0.29, 0.717) is 5.75 Å². The maximum atomic E-state index is 10.6. The standard InChI is InChI=1S/C10H11BrO2/c1-7-5-10(13-8(2)12)4-3-9(7)6-11/h3-5H,6H2,1-2H3. The quantitative estimate of drug-likeness (QED) is 0.453. The van der Waals surface area contributed by atoms with Crippen molar-refractivity contribution in [2.24, 2.45) is 0 Å². The van der Waals surface area contributed by atoms with Crippen LogP contribution in [0.25, 0.3) is 0 Å². The second kappa shape index (κ2) is 4.42. The fourth-order valence-electron chi connectivity index (χ4n) is 1.05. The maximum Gasteiger partial charge on any atom is 0.308 e. The molecule has 0 saturated heterocycles. The van der Waals surface area contributed by atoms with Gasteiger partial charge in [0, 0.05) is 12.3 Å². The molecule has 70 valence electrons. The summed E-state index contributed by atoms with van der Waals surface area (Å²) < 4.78 is 4.94. The molecular formula is C10H11BrO2.